The molecule has 0 saturated carbocycles. The molecule has 0 heterocycles. The lowest BCUT2D eigenvalue weighted by Crippen LogP contribution is -2.34. The first kappa shape index (κ1) is 15.6. The fourth-order valence-electron chi connectivity index (χ4n) is 0.739. The summed E-state index contributed by atoms with van der Waals surface area (Å²) >= 11 is 6.83. The topological polar surface area (TPSA) is 20.2 Å². The maximum atomic E-state index is 9.63. The Balaban J connectivity index is 0. The Morgan fingerprint density at radius 2 is 1.92 bits per heavy atom. The summed E-state index contributed by atoms with van der Waals surface area (Å²) in [6.45, 7) is 2.08. The lowest BCUT2D eigenvalue weighted by atomic mass is 9.91. The molecule has 0 bridgehead atoms. The molecule has 0 rings (SSSR count). The van der Waals surface area contributed by atoms with Crippen LogP contribution in [0.15, 0.2) is 0 Å². The highest BCUT2D eigenvalue weighted by molar-refractivity contribution is 9.09. The SMILES string of the molecule is C.C=PC(O)C(CC)(CBr)CBr. The highest BCUT2D eigenvalue weighted by Gasteiger charge is 2.32. The van der Waals surface area contributed by atoms with Crippen LogP contribution in [0, 0.1) is 5.41 Å². The van der Waals surface area contributed by atoms with E-state index in [2.05, 4.69) is 45.1 Å². The van der Waals surface area contributed by atoms with Crippen LogP contribution < -0.4 is 0 Å². The maximum Gasteiger partial charge on any atom is 0.102 e. The quantitative estimate of drug-likeness (QED) is 0.607. The number of hydrogen-bond acceptors (Lipinski definition) is 1. The zero-order valence-corrected chi connectivity index (χ0v) is 10.6. The van der Waals surface area contributed by atoms with Gasteiger partial charge in [0.1, 0.15) is 5.85 Å². The smallest absolute Gasteiger partial charge is 0.102 e. The van der Waals surface area contributed by atoms with E-state index in [1.807, 2.05) is 0 Å². The second kappa shape index (κ2) is 7.49. The molecule has 12 heavy (non-hydrogen) atoms. The van der Waals surface area contributed by atoms with Crippen LogP contribution in [0.4, 0.5) is 0 Å². The first-order chi connectivity index (χ1) is 5.16. The zero-order chi connectivity index (χ0) is 8.91. The van der Waals surface area contributed by atoms with Gasteiger partial charge in [-0.3, -0.25) is 0 Å². The second-order valence-corrected chi connectivity index (χ2v) is 4.52. The van der Waals surface area contributed by atoms with Crippen molar-refractivity contribution >= 4 is 46.4 Å². The van der Waals surface area contributed by atoms with E-state index in [-0.39, 0.29) is 18.7 Å². The molecule has 0 aromatic rings. The fourth-order valence-corrected chi connectivity index (χ4v) is 4.33. The van der Waals surface area contributed by atoms with Crippen LogP contribution in [0.25, 0.3) is 0 Å². The third-order valence-corrected chi connectivity index (χ3v) is 5.08. The molecule has 1 N–H and O–H groups in total. The first-order valence-electron chi connectivity index (χ1n) is 3.42. The van der Waals surface area contributed by atoms with Gasteiger partial charge in [0.2, 0.25) is 0 Å². The van der Waals surface area contributed by atoms with Crippen LogP contribution >= 0.6 is 40.1 Å². The summed E-state index contributed by atoms with van der Waals surface area (Å²) < 4.78 is 0. The van der Waals surface area contributed by atoms with Gasteiger partial charge in [-0.05, 0) is 6.42 Å². The van der Waals surface area contributed by atoms with Crippen molar-refractivity contribution in [1.29, 1.82) is 0 Å². The summed E-state index contributed by atoms with van der Waals surface area (Å²) in [7, 11) is 0.800. The van der Waals surface area contributed by atoms with E-state index in [9.17, 15) is 5.11 Å². The molecule has 1 unspecified atom stereocenters. The lowest BCUT2D eigenvalue weighted by molar-refractivity contribution is 0.132. The van der Waals surface area contributed by atoms with E-state index in [0.29, 0.717) is 0 Å². The van der Waals surface area contributed by atoms with Gasteiger partial charge >= 0.3 is 0 Å². The summed E-state index contributed by atoms with van der Waals surface area (Å²) in [5.41, 5.74) is -0.0523. The zero-order valence-electron chi connectivity index (χ0n) is 6.56. The van der Waals surface area contributed by atoms with E-state index in [0.717, 1.165) is 25.3 Å². The molecule has 0 fully saturated rings. The molecule has 74 valence electrons. The second-order valence-electron chi connectivity index (χ2n) is 2.54. The number of aliphatic hydroxyl groups is 1. The van der Waals surface area contributed by atoms with E-state index >= 15 is 0 Å². The highest BCUT2D eigenvalue weighted by atomic mass is 79.9. The van der Waals surface area contributed by atoms with Crippen molar-refractivity contribution in [1.82, 2.24) is 0 Å². The van der Waals surface area contributed by atoms with Gasteiger partial charge in [-0.1, -0.05) is 60.7 Å². The summed E-state index contributed by atoms with van der Waals surface area (Å²) in [4.78, 5) is 0. The van der Waals surface area contributed by atoms with Crippen LogP contribution in [-0.4, -0.2) is 27.9 Å². The van der Waals surface area contributed by atoms with Crippen molar-refractivity contribution in [3.8, 4) is 0 Å². The standard InChI is InChI=1S/C7H13Br2OP.CH4/c1-3-7(4-8,5-9)6(10)11-2;/h6,10H,2-5H2,1H3;1H4. The van der Waals surface area contributed by atoms with Crippen molar-refractivity contribution in [3.63, 3.8) is 0 Å². The summed E-state index contributed by atoms with van der Waals surface area (Å²) in [5.74, 6) is -0.341. The number of hydrogen-bond donors (Lipinski definition) is 1. The average Bonchev–Trinajstić information content (AvgIpc) is 2.08. The van der Waals surface area contributed by atoms with Crippen LogP contribution in [0.1, 0.15) is 20.8 Å². The minimum atomic E-state index is -0.341. The molecular formula is C8H17Br2OP. The molecule has 0 aliphatic heterocycles. The van der Waals surface area contributed by atoms with Crippen molar-refractivity contribution < 1.29 is 5.11 Å². The molecule has 0 saturated heterocycles. The number of alkyl halides is 2. The number of rotatable bonds is 5. The molecule has 0 radical (unpaired) electrons. The summed E-state index contributed by atoms with van der Waals surface area (Å²) in [5, 5.41) is 11.3. The van der Waals surface area contributed by atoms with Gasteiger partial charge in [0.15, 0.2) is 0 Å². The van der Waals surface area contributed by atoms with Crippen molar-refractivity contribution in [2.75, 3.05) is 10.7 Å². The Kier molecular flexibility index (Phi) is 9.71. The maximum absolute atomic E-state index is 9.63. The number of aliphatic hydroxyl groups excluding tert-OH is 1. The van der Waals surface area contributed by atoms with Gasteiger partial charge in [0.25, 0.3) is 0 Å². The average molecular weight is 320 g/mol. The van der Waals surface area contributed by atoms with Crippen molar-refractivity contribution in [2.24, 2.45) is 5.41 Å². The molecule has 4 heteroatoms. The molecule has 0 amide bonds. The van der Waals surface area contributed by atoms with E-state index < -0.39 is 0 Å². The van der Waals surface area contributed by atoms with Crippen LogP contribution in [0.2, 0.25) is 0 Å². The minimum absolute atomic E-state index is 0. The Hall–Kier alpha value is 1.09. The monoisotopic (exact) mass is 318 g/mol. The third kappa shape index (κ3) is 3.45. The number of halogens is 2. The Bertz CT molecular complexity index is 118. The van der Waals surface area contributed by atoms with Crippen molar-refractivity contribution in [3.05, 3.63) is 0 Å². The Morgan fingerprint density at radius 3 is 2.00 bits per heavy atom. The summed E-state index contributed by atoms with van der Waals surface area (Å²) in [6, 6.07) is 0. The first-order valence-corrected chi connectivity index (χ1v) is 6.82. The Labute approximate surface area is 94.0 Å². The molecule has 0 spiro atoms. The molecule has 0 aliphatic carbocycles. The third-order valence-electron chi connectivity index (χ3n) is 1.96. The Morgan fingerprint density at radius 1 is 1.50 bits per heavy atom. The molecule has 0 aromatic carbocycles. The molecule has 0 aliphatic rings. The van der Waals surface area contributed by atoms with Gasteiger partial charge in [-0.25, -0.2) is 0 Å². The predicted molar refractivity (Wildman–Crippen MR) is 67.1 cm³/mol. The van der Waals surface area contributed by atoms with Gasteiger partial charge in [0, 0.05) is 16.1 Å². The van der Waals surface area contributed by atoms with E-state index in [1.165, 1.54) is 0 Å². The molecule has 1 atom stereocenters. The summed E-state index contributed by atoms with van der Waals surface area (Å²) in [6.07, 6.45) is 4.63. The fraction of sp³-hybridized carbons (Fsp3) is 0.875. The van der Waals surface area contributed by atoms with Crippen LogP contribution in [0.3, 0.4) is 0 Å². The molecular weight excluding hydrogens is 303 g/mol. The van der Waals surface area contributed by atoms with Gasteiger partial charge in [0.05, 0.1) is 0 Å². The molecule has 0 aromatic heterocycles. The normalized spacial score (nSPS) is 14.0. The van der Waals surface area contributed by atoms with Gasteiger partial charge in [-0.15, -0.1) is 0 Å². The lowest BCUT2D eigenvalue weighted by Gasteiger charge is -2.31. The van der Waals surface area contributed by atoms with Crippen molar-refractivity contribution in [2.45, 2.75) is 26.6 Å². The largest absolute Gasteiger partial charge is 0.384 e. The van der Waals surface area contributed by atoms with Gasteiger partial charge < -0.3 is 5.11 Å². The molecule has 1 nitrogen and oxygen atoms in total. The van der Waals surface area contributed by atoms with Gasteiger partial charge in [-0.2, -0.15) is 0 Å². The van der Waals surface area contributed by atoms with E-state index in [4.69, 9.17) is 0 Å². The van der Waals surface area contributed by atoms with E-state index in [1.54, 1.807) is 0 Å². The van der Waals surface area contributed by atoms with Crippen LogP contribution in [0.5, 0.6) is 0 Å². The highest BCUT2D eigenvalue weighted by Crippen LogP contribution is 2.35. The van der Waals surface area contributed by atoms with Crippen LogP contribution in [-0.2, 0) is 0 Å². The minimum Gasteiger partial charge on any atom is -0.384 e. The predicted octanol–water partition coefficient (Wildman–Crippen LogP) is 3.51.